The van der Waals surface area contributed by atoms with Gasteiger partial charge in [0.15, 0.2) is 6.61 Å². The van der Waals surface area contributed by atoms with Gasteiger partial charge in [-0.3, -0.25) is 9.69 Å². The van der Waals surface area contributed by atoms with Crippen molar-refractivity contribution in [3.8, 4) is 5.75 Å². The van der Waals surface area contributed by atoms with Gasteiger partial charge in [0.25, 0.3) is 5.91 Å². The number of rotatable bonds is 7. The Hall–Kier alpha value is -2.64. The molecule has 0 saturated carbocycles. The number of nitrogens with zero attached hydrogens (tertiary/aromatic N) is 2. The molecule has 1 amide bonds. The van der Waals surface area contributed by atoms with Gasteiger partial charge < -0.3 is 15.0 Å². The van der Waals surface area contributed by atoms with Crippen LogP contribution in [0.2, 0.25) is 10.0 Å². The second kappa shape index (κ2) is 11.7. The lowest BCUT2D eigenvalue weighted by Gasteiger charge is -2.36. The monoisotopic (exact) mass is 513 g/mol. The van der Waals surface area contributed by atoms with E-state index in [0.29, 0.717) is 21.5 Å². The van der Waals surface area contributed by atoms with E-state index in [0.717, 1.165) is 43.3 Å². The molecule has 1 aliphatic heterocycles. The van der Waals surface area contributed by atoms with Gasteiger partial charge in [0.05, 0.1) is 0 Å². The van der Waals surface area contributed by atoms with Crippen molar-refractivity contribution in [1.29, 1.82) is 0 Å². The Morgan fingerprint density at radius 1 is 0.912 bits per heavy atom. The predicted octanol–water partition coefficient (Wildman–Crippen LogP) is 5.50. The lowest BCUT2D eigenvalue weighted by atomic mass is 10.1. The SMILES string of the molecule is O=C(COc1ccc(C(=S)N2CCN(Cc3ccccc3)CC2)cc1)Nc1cc(Cl)cc(Cl)c1. The summed E-state index contributed by atoms with van der Waals surface area (Å²) in [6.45, 7) is 4.59. The van der Waals surface area contributed by atoms with Crippen LogP contribution in [0, 0.1) is 0 Å². The number of amides is 1. The first-order chi connectivity index (χ1) is 16.5. The molecule has 1 aliphatic rings. The Balaban J connectivity index is 1.24. The Kier molecular flexibility index (Phi) is 8.40. The average molecular weight is 514 g/mol. The zero-order chi connectivity index (χ0) is 23.9. The number of thiocarbonyl (C=S) groups is 1. The van der Waals surface area contributed by atoms with Crippen molar-refractivity contribution in [2.45, 2.75) is 6.54 Å². The van der Waals surface area contributed by atoms with Crippen LogP contribution in [0.25, 0.3) is 0 Å². The molecule has 0 spiro atoms. The summed E-state index contributed by atoms with van der Waals surface area (Å²) in [5, 5.41) is 3.62. The first-order valence-electron chi connectivity index (χ1n) is 11.0. The van der Waals surface area contributed by atoms with E-state index in [4.69, 9.17) is 40.2 Å². The van der Waals surface area contributed by atoms with Crippen LogP contribution in [-0.2, 0) is 11.3 Å². The molecule has 0 bridgehead atoms. The van der Waals surface area contributed by atoms with Crippen LogP contribution in [-0.4, -0.2) is 53.5 Å². The fourth-order valence-corrected chi connectivity index (χ4v) is 4.64. The summed E-state index contributed by atoms with van der Waals surface area (Å²) in [5.74, 6) is 0.296. The van der Waals surface area contributed by atoms with Gasteiger partial charge >= 0.3 is 0 Å². The van der Waals surface area contributed by atoms with Gasteiger partial charge in [-0.1, -0.05) is 65.8 Å². The lowest BCUT2D eigenvalue weighted by molar-refractivity contribution is -0.118. The van der Waals surface area contributed by atoms with Crippen molar-refractivity contribution in [2.24, 2.45) is 0 Å². The van der Waals surface area contributed by atoms with Crippen molar-refractivity contribution in [3.05, 3.63) is 94.0 Å². The van der Waals surface area contributed by atoms with Gasteiger partial charge in [0, 0.05) is 54.0 Å². The van der Waals surface area contributed by atoms with Crippen molar-refractivity contribution in [1.82, 2.24) is 9.80 Å². The van der Waals surface area contributed by atoms with Crippen LogP contribution in [0.1, 0.15) is 11.1 Å². The van der Waals surface area contributed by atoms with E-state index in [2.05, 4.69) is 39.4 Å². The maximum atomic E-state index is 12.2. The number of benzene rings is 3. The van der Waals surface area contributed by atoms with E-state index in [1.165, 1.54) is 5.56 Å². The molecule has 1 heterocycles. The van der Waals surface area contributed by atoms with Gasteiger partial charge in [-0.15, -0.1) is 0 Å². The second-order valence-electron chi connectivity index (χ2n) is 8.07. The first kappa shape index (κ1) is 24.5. The van der Waals surface area contributed by atoms with Crippen molar-refractivity contribution >= 4 is 52.0 Å². The summed E-state index contributed by atoms with van der Waals surface area (Å²) in [7, 11) is 0. The molecule has 5 nitrogen and oxygen atoms in total. The van der Waals surface area contributed by atoms with Crippen LogP contribution in [0.4, 0.5) is 5.69 Å². The smallest absolute Gasteiger partial charge is 0.262 e. The van der Waals surface area contributed by atoms with Crippen LogP contribution in [0.3, 0.4) is 0 Å². The quantitative estimate of drug-likeness (QED) is 0.422. The zero-order valence-corrected chi connectivity index (χ0v) is 20.9. The highest BCUT2D eigenvalue weighted by molar-refractivity contribution is 7.80. The fourth-order valence-electron chi connectivity index (χ4n) is 3.80. The summed E-state index contributed by atoms with van der Waals surface area (Å²) in [5.41, 5.74) is 2.83. The molecule has 8 heteroatoms. The summed E-state index contributed by atoms with van der Waals surface area (Å²) < 4.78 is 5.61. The topological polar surface area (TPSA) is 44.8 Å². The molecule has 1 saturated heterocycles. The van der Waals surface area contributed by atoms with Crippen LogP contribution in [0.15, 0.2) is 72.8 Å². The molecule has 4 rings (SSSR count). The number of carbonyl (C=O) groups excluding carboxylic acids is 1. The minimum Gasteiger partial charge on any atom is -0.484 e. The minimum absolute atomic E-state index is 0.128. The van der Waals surface area contributed by atoms with Gasteiger partial charge in [-0.05, 0) is 48.0 Å². The maximum Gasteiger partial charge on any atom is 0.262 e. The normalized spacial score (nSPS) is 14.0. The Morgan fingerprint density at radius 2 is 1.56 bits per heavy atom. The highest BCUT2D eigenvalue weighted by Crippen LogP contribution is 2.22. The molecule has 0 radical (unpaired) electrons. The standard InChI is InChI=1S/C26H25Cl2N3O2S/c27-21-14-22(28)16-23(15-21)29-25(32)18-33-24-8-6-20(7-9-24)26(34)31-12-10-30(11-13-31)17-19-4-2-1-3-5-19/h1-9,14-16H,10-13,17-18H2,(H,29,32). The van der Waals surface area contributed by atoms with Gasteiger partial charge in [0.1, 0.15) is 10.7 Å². The molecule has 1 N–H and O–H groups in total. The lowest BCUT2D eigenvalue weighted by Crippen LogP contribution is -2.47. The van der Waals surface area contributed by atoms with Crippen molar-refractivity contribution < 1.29 is 9.53 Å². The molecule has 176 valence electrons. The molecule has 0 atom stereocenters. The number of hydrogen-bond donors (Lipinski definition) is 1. The minimum atomic E-state index is -0.300. The number of anilines is 1. The molecule has 1 fully saturated rings. The summed E-state index contributed by atoms with van der Waals surface area (Å²) >= 11 is 17.7. The Morgan fingerprint density at radius 3 is 2.21 bits per heavy atom. The van der Waals surface area contributed by atoms with Gasteiger partial charge in [-0.2, -0.15) is 0 Å². The predicted molar refractivity (Wildman–Crippen MR) is 142 cm³/mol. The number of piperazine rings is 1. The molecule has 3 aromatic carbocycles. The van der Waals surface area contributed by atoms with Crippen molar-refractivity contribution in [3.63, 3.8) is 0 Å². The van der Waals surface area contributed by atoms with E-state index in [1.807, 2.05) is 30.3 Å². The van der Waals surface area contributed by atoms with Crippen LogP contribution in [0.5, 0.6) is 5.75 Å². The number of ether oxygens (including phenoxy) is 1. The molecule has 0 unspecified atom stereocenters. The van der Waals surface area contributed by atoms with E-state index in [1.54, 1.807) is 18.2 Å². The number of nitrogens with one attached hydrogen (secondary N) is 1. The highest BCUT2D eigenvalue weighted by atomic mass is 35.5. The average Bonchev–Trinajstić information content (AvgIpc) is 2.83. The van der Waals surface area contributed by atoms with Gasteiger partial charge in [0.2, 0.25) is 0 Å². The van der Waals surface area contributed by atoms with E-state index in [-0.39, 0.29) is 12.5 Å². The first-order valence-corrected chi connectivity index (χ1v) is 12.2. The van der Waals surface area contributed by atoms with Crippen LogP contribution < -0.4 is 10.1 Å². The summed E-state index contributed by atoms with van der Waals surface area (Å²) in [6.07, 6.45) is 0. The highest BCUT2D eigenvalue weighted by Gasteiger charge is 2.20. The third-order valence-electron chi connectivity index (χ3n) is 5.53. The second-order valence-corrected chi connectivity index (χ2v) is 9.33. The fraction of sp³-hybridized carbons (Fsp3) is 0.231. The summed E-state index contributed by atoms with van der Waals surface area (Å²) in [6, 6.07) is 22.9. The molecule has 34 heavy (non-hydrogen) atoms. The zero-order valence-electron chi connectivity index (χ0n) is 18.5. The van der Waals surface area contributed by atoms with Crippen LogP contribution >= 0.6 is 35.4 Å². The largest absolute Gasteiger partial charge is 0.484 e. The molecule has 0 aliphatic carbocycles. The number of halogens is 2. The van der Waals surface area contributed by atoms with E-state index >= 15 is 0 Å². The molecular weight excluding hydrogens is 489 g/mol. The van der Waals surface area contributed by atoms with E-state index in [9.17, 15) is 4.79 Å². The number of carbonyl (C=O) groups is 1. The van der Waals surface area contributed by atoms with E-state index < -0.39 is 0 Å². The third-order valence-corrected chi connectivity index (χ3v) is 6.46. The maximum absolute atomic E-state index is 12.2. The Labute approximate surface area is 215 Å². The molecular formula is C26H25Cl2N3O2S. The molecule has 0 aromatic heterocycles. The van der Waals surface area contributed by atoms with Crippen molar-refractivity contribution in [2.75, 3.05) is 38.1 Å². The third kappa shape index (κ3) is 6.93. The van der Waals surface area contributed by atoms with Gasteiger partial charge in [-0.25, -0.2) is 0 Å². The number of hydrogen-bond acceptors (Lipinski definition) is 4. The molecule has 3 aromatic rings. The Bertz CT molecular complexity index is 1110. The summed E-state index contributed by atoms with van der Waals surface area (Å²) in [4.78, 5) is 17.7.